The number of aliphatic hydroxyl groups excluding tert-OH is 1. The van der Waals surface area contributed by atoms with Crippen LogP contribution in [0.2, 0.25) is 0 Å². The van der Waals surface area contributed by atoms with E-state index in [4.69, 9.17) is 9.84 Å². The second-order valence-electron chi connectivity index (χ2n) is 4.76. The van der Waals surface area contributed by atoms with Gasteiger partial charge in [-0.15, -0.1) is 0 Å². The number of rotatable bonds is 9. The summed E-state index contributed by atoms with van der Waals surface area (Å²) in [4.78, 5) is 11.6. The van der Waals surface area contributed by atoms with E-state index in [-0.39, 0.29) is 18.6 Å². The number of carbonyl (C=O) groups is 1. The van der Waals surface area contributed by atoms with Crippen molar-refractivity contribution in [1.82, 2.24) is 5.32 Å². The van der Waals surface area contributed by atoms with Gasteiger partial charge in [-0.1, -0.05) is 31.2 Å². The number of carbonyl (C=O) groups excluding carboxylic acids is 1. The fourth-order valence-corrected chi connectivity index (χ4v) is 2.10. The lowest BCUT2D eigenvalue weighted by Crippen LogP contribution is -2.35. The van der Waals surface area contributed by atoms with E-state index < -0.39 is 0 Å². The largest absolute Gasteiger partial charge is 0.466 e. The third-order valence-electron chi connectivity index (χ3n) is 3.18. The predicted molar refractivity (Wildman–Crippen MR) is 79.7 cm³/mol. The summed E-state index contributed by atoms with van der Waals surface area (Å²) in [5, 5.41) is 12.1. The molecule has 0 bridgehead atoms. The van der Waals surface area contributed by atoms with Crippen LogP contribution in [-0.4, -0.2) is 36.9 Å². The Morgan fingerprint density at radius 1 is 1.25 bits per heavy atom. The third kappa shape index (κ3) is 6.17. The minimum absolute atomic E-state index is 0.00586. The first kappa shape index (κ1) is 16.7. The number of nitrogens with one attached hydrogen (secondary N) is 1. The van der Waals surface area contributed by atoms with Crippen molar-refractivity contribution in [2.45, 2.75) is 39.2 Å². The number of hydrogen-bond donors (Lipinski definition) is 2. The highest BCUT2D eigenvalue weighted by Crippen LogP contribution is 2.10. The number of hydrogen-bond acceptors (Lipinski definition) is 4. The van der Waals surface area contributed by atoms with E-state index in [1.54, 1.807) is 6.92 Å². The van der Waals surface area contributed by atoms with Gasteiger partial charge in [-0.2, -0.15) is 0 Å². The molecule has 0 heterocycles. The molecule has 1 aromatic carbocycles. The van der Waals surface area contributed by atoms with Crippen LogP contribution in [0.1, 0.15) is 31.4 Å². The van der Waals surface area contributed by atoms with Crippen LogP contribution in [0.4, 0.5) is 0 Å². The summed E-state index contributed by atoms with van der Waals surface area (Å²) in [6.07, 6.45) is 2.10. The van der Waals surface area contributed by atoms with Gasteiger partial charge in [-0.05, 0) is 30.9 Å². The molecule has 0 aliphatic heterocycles. The average Bonchev–Trinajstić information content (AvgIpc) is 2.45. The zero-order chi connectivity index (χ0) is 14.8. The Morgan fingerprint density at radius 2 is 1.90 bits per heavy atom. The maximum absolute atomic E-state index is 11.6. The highest BCUT2D eigenvalue weighted by atomic mass is 16.5. The van der Waals surface area contributed by atoms with Crippen molar-refractivity contribution in [3.63, 3.8) is 0 Å². The fraction of sp³-hybridized carbons (Fsp3) is 0.562. The van der Waals surface area contributed by atoms with Crippen molar-refractivity contribution >= 4 is 5.97 Å². The molecule has 0 aromatic heterocycles. The molecule has 0 aliphatic carbocycles. The number of aliphatic hydroxyl groups is 1. The Balaban J connectivity index is 2.59. The molecule has 0 amide bonds. The molecule has 4 heteroatoms. The Hall–Kier alpha value is -1.39. The van der Waals surface area contributed by atoms with Gasteiger partial charge in [0.15, 0.2) is 0 Å². The zero-order valence-corrected chi connectivity index (χ0v) is 12.4. The zero-order valence-electron chi connectivity index (χ0n) is 12.4. The minimum atomic E-state index is -0.201. The van der Waals surface area contributed by atoms with Crippen molar-refractivity contribution in [3.8, 4) is 0 Å². The third-order valence-corrected chi connectivity index (χ3v) is 3.18. The highest BCUT2D eigenvalue weighted by Gasteiger charge is 2.14. The van der Waals surface area contributed by atoms with E-state index in [1.165, 1.54) is 11.1 Å². The van der Waals surface area contributed by atoms with E-state index in [1.807, 2.05) is 0 Å². The monoisotopic (exact) mass is 279 g/mol. The van der Waals surface area contributed by atoms with Crippen LogP contribution in [0.3, 0.4) is 0 Å². The normalized spacial score (nSPS) is 12.2. The molecule has 0 aliphatic rings. The first-order valence-corrected chi connectivity index (χ1v) is 7.27. The maximum Gasteiger partial charge on any atom is 0.307 e. The van der Waals surface area contributed by atoms with Gasteiger partial charge >= 0.3 is 5.97 Å². The lowest BCUT2D eigenvalue weighted by molar-refractivity contribution is -0.143. The van der Waals surface area contributed by atoms with Crippen LogP contribution in [-0.2, 0) is 22.4 Å². The molecule has 1 atom stereocenters. The molecule has 2 N–H and O–H groups in total. The molecular weight excluding hydrogens is 254 g/mol. The molecular formula is C16H25NO3. The van der Waals surface area contributed by atoms with Gasteiger partial charge in [0.25, 0.3) is 0 Å². The number of aryl methyl sites for hydroxylation is 1. The first-order valence-electron chi connectivity index (χ1n) is 7.27. The lowest BCUT2D eigenvalue weighted by Gasteiger charge is -2.17. The smallest absolute Gasteiger partial charge is 0.307 e. The number of ether oxygens (including phenoxy) is 1. The van der Waals surface area contributed by atoms with Crippen molar-refractivity contribution < 1.29 is 14.6 Å². The highest BCUT2D eigenvalue weighted by molar-refractivity contribution is 5.70. The molecule has 4 nitrogen and oxygen atoms in total. The van der Waals surface area contributed by atoms with Crippen molar-refractivity contribution in [1.29, 1.82) is 0 Å². The Labute approximate surface area is 121 Å². The Kier molecular flexibility index (Phi) is 7.92. The van der Waals surface area contributed by atoms with Crippen LogP contribution < -0.4 is 5.32 Å². The van der Waals surface area contributed by atoms with Crippen molar-refractivity contribution in [2.75, 3.05) is 19.8 Å². The van der Waals surface area contributed by atoms with Gasteiger partial charge in [-0.3, -0.25) is 4.79 Å². The Morgan fingerprint density at radius 3 is 2.45 bits per heavy atom. The molecule has 1 rings (SSSR count). The van der Waals surface area contributed by atoms with Crippen LogP contribution >= 0.6 is 0 Å². The SMILES string of the molecule is CCOC(=O)CC(Cc1ccc(CC)cc1)NCCO. The van der Waals surface area contributed by atoms with Gasteiger partial charge in [0.2, 0.25) is 0 Å². The topological polar surface area (TPSA) is 58.6 Å². The van der Waals surface area contributed by atoms with Gasteiger partial charge < -0.3 is 15.2 Å². The summed E-state index contributed by atoms with van der Waals surface area (Å²) >= 11 is 0. The average molecular weight is 279 g/mol. The van der Waals surface area contributed by atoms with E-state index in [9.17, 15) is 4.79 Å². The summed E-state index contributed by atoms with van der Waals surface area (Å²) in [6.45, 7) is 4.88. The van der Waals surface area contributed by atoms with Crippen LogP contribution in [0.15, 0.2) is 24.3 Å². The van der Waals surface area contributed by atoms with Gasteiger partial charge in [0.1, 0.15) is 0 Å². The van der Waals surface area contributed by atoms with Gasteiger partial charge in [0, 0.05) is 12.6 Å². The maximum atomic E-state index is 11.6. The van der Waals surface area contributed by atoms with E-state index >= 15 is 0 Å². The fourth-order valence-electron chi connectivity index (χ4n) is 2.10. The van der Waals surface area contributed by atoms with Crippen molar-refractivity contribution in [3.05, 3.63) is 35.4 Å². The molecule has 0 saturated carbocycles. The van der Waals surface area contributed by atoms with Crippen molar-refractivity contribution in [2.24, 2.45) is 0 Å². The standard InChI is InChI=1S/C16H25NO3/c1-3-13-5-7-14(8-6-13)11-15(17-9-10-18)12-16(19)20-4-2/h5-8,15,17-18H,3-4,9-12H2,1-2H3. The molecule has 0 saturated heterocycles. The second-order valence-corrected chi connectivity index (χ2v) is 4.76. The summed E-state index contributed by atoms with van der Waals surface area (Å²) in [5.74, 6) is -0.201. The summed E-state index contributed by atoms with van der Waals surface area (Å²) < 4.78 is 4.99. The summed E-state index contributed by atoms with van der Waals surface area (Å²) in [7, 11) is 0. The Bertz CT molecular complexity index is 389. The number of esters is 1. The first-order chi connectivity index (χ1) is 9.69. The number of benzene rings is 1. The molecule has 1 aromatic rings. The molecule has 0 spiro atoms. The van der Waals surface area contributed by atoms with E-state index in [0.717, 1.165) is 12.8 Å². The van der Waals surface area contributed by atoms with Gasteiger partial charge in [-0.25, -0.2) is 0 Å². The quantitative estimate of drug-likeness (QED) is 0.675. The predicted octanol–water partition coefficient (Wildman–Crippen LogP) is 1.70. The molecule has 0 fully saturated rings. The van der Waals surface area contributed by atoms with E-state index in [2.05, 4.69) is 36.5 Å². The van der Waals surface area contributed by atoms with Crippen LogP contribution in [0.25, 0.3) is 0 Å². The minimum Gasteiger partial charge on any atom is -0.466 e. The molecule has 112 valence electrons. The molecule has 1 unspecified atom stereocenters. The van der Waals surface area contributed by atoms with E-state index in [0.29, 0.717) is 19.6 Å². The molecule has 0 radical (unpaired) electrons. The molecule has 20 heavy (non-hydrogen) atoms. The summed E-state index contributed by atoms with van der Waals surface area (Å²) in [5.41, 5.74) is 2.49. The second kappa shape index (κ2) is 9.50. The van der Waals surface area contributed by atoms with Crippen LogP contribution in [0.5, 0.6) is 0 Å². The van der Waals surface area contributed by atoms with Crippen LogP contribution in [0, 0.1) is 0 Å². The lowest BCUT2D eigenvalue weighted by atomic mass is 10.0. The van der Waals surface area contributed by atoms with Gasteiger partial charge in [0.05, 0.1) is 19.6 Å². The summed E-state index contributed by atoms with van der Waals surface area (Å²) in [6, 6.07) is 8.41.